The highest BCUT2D eigenvalue weighted by molar-refractivity contribution is 7.20. The van der Waals surface area contributed by atoms with Gasteiger partial charge in [-0.15, -0.1) is 0 Å². The maximum atomic E-state index is 14.2. The van der Waals surface area contributed by atoms with E-state index in [2.05, 4.69) is 0 Å². The van der Waals surface area contributed by atoms with Crippen LogP contribution in [-0.4, -0.2) is 17.8 Å². The molecule has 0 saturated heterocycles. The smallest absolute Gasteiger partial charge is 0.366 e. The lowest BCUT2D eigenvalue weighted by Gasteiger charge is -2.46. The second kappa shape index (κ2) is 20.8. The number of pyridine rings is 1. The standard InChI is InChI=1S/C32H12BF24.C18H14N2O2/c34-25(35,36)13-1-14(26(37,38)39)6-21(5-13)33(22-7-15(27(40,41)42)2-16(8-22)28(43,44)45,23-9-17(29(46,47)48)3-18(10-23)30(49,50)51)24-11-19(31(52,53)54)4-20(12-24)32(55,56)57;19-18(22)15-8-4-7-13-9-10-20(11-16(13)15)12-17(21)14-5-2-1-3-6-14/h1-12H;1-11H,12H2,(H-,19,22)/q-1;/p+1. The van der Waals surface area contributed by atoms with Crippen LogP contribution in [0.1, 0.15) is 65.2 Å². The van der Waals surface area contributed by atoms with Crippen molar-refractivity contribution in [3.05, 3.63) is 195 Å². The first-order valence-corrected chi connectivity index (χ1v) is 21.6. The van der Waals surface area contributed by atoms with E-state index in [1.807, 2.05) is 36.5 Å². The fourth-order valence-electron chi connectivity index (χ4n) is 8.52. The fourth-order valence-corrected chi connectivity index (χ4v) is 8.52. The molecule has 0 saturated carbocycles. The quantitative estimate of drug-likeness (QED) is 0.0713. The summed E-state index contributed by atoms with van der Waals surface area (Å²) in [4.78, 5) is 23.8. The molecule has 29 heteroatoms. The molecule has 2 N–H and O–H groups in total. The van der Waals surface area contributed by atoms with Crippen molar-refractivity contribution in [2.24, 2.45) is 5.73 Å². The van der Waals surface area contributed by atoms with Crippen LogP contribution in [0.2, 0.25) is 0 Å². The molecule has 0 bridgehead atoms. The first kappa shape index (κ1) is 60.5. The van der Waals surface area contributed by atoms with E-state index in [0.717, 1.165) is 10.8 Å². The van der Waals surface area contributed by atoms with Gasteiger partial charge in [-0.25, -0.2) is 0 Å². The summed E-state index contributed by atoms with van der Waals surface area (Å²) in [5, 5.41) is 1.66. The Morgan fingerprint density at radius 2 is 0.671 bits per heavy atom. The number of nitrogens with zero attached hydrogens (tertiary/aromatic N) is 1. The maximum Gasteiger partial charge on any atom is 0.416 e. The number of Topliss-reactive ketones (excluding diaryl/α,β-unsaturated/α-hetero) is 1. The molecule has 0 radical (unpaired) electrons. The van der Waals surface area contributed by atoms with E-state index in [9.17, 15) is 115 Å². The van der Waals surface area contributed by atoms with Crippen molar-refractivity contribution in [2.45, 2.75) is 56.0 Å². The highest BCUT2D eigenvalue weighted by Crippen LogP contribution is 2.41. The summed E-state index contributed by atoms with van der Waals surface area (Å²) < 4.78 is 343. The molecule has 1 aromatic heterocycles. The van der Waals surface area contributed by atoms with Gasteiger partial charge >= 0.3 is 49.4 Å². The third-order valence-corrected chi connectivity index (χ3v) is 12.0. The van der Waals surface area contributed by atoms with Gasteiger partial charge < -0.3 is 5.73 Å². The van der Waals surface area contributed by atoms with Crippen LogP contribution < -0.4 is 32.2 Å². The van der Waals surface area contributed by atoms with Gasteiger partial charge in [-0.2, -0.15) is 132 Å². The molecule has 0 spiro atoms. The number of primary amides is 1. The van der Waals surface area contributed by atoms with Gasteiger partial charge in [0, 0.05) is 11.6 Å². The molecular formula is C50H27BF24N2O2. The Balaban J connectivity index is 0.000000378. The zero-order valence-corrected chi connectivity index (χ0v) is 38.5. The SMILES string of the molecule is FC(F)(F)c1cc([B-](c2cc(C(F)(F)F)cc(C(F)(F)F)c2)(c2cc(C(F)(F)F)cc(C(F)(F)F)c2)c2cc(C(F)(F)F)cc(C(F)(F)F)c2)cc(C(F)(F)F)c1.NC(=O)c1cccc2cc[n+](CC(=O)c3ccccc3)cc12. The molecule has 420 valence electrons. The molecule has 79 heavy (non-hydrogen) atoms. The monoisotopic (exact) mass is 1150 g/mol. The molecule has 0 aliphatic heterocycles. The normalized spacial score (nSPS) is 13.3. The Hall–Kier alpha value is -7.75. The summed E-state index contributed by atoms with van der Waals surface area (Å²) in [7, 11) is 0. The van der Waals surface area contributed by atoms with Crippen molar-refractivity contribution >= 4 is 50.5 Å². The van der Waals surface area contributed by atoms with Gasteiger partial charge in [-0.05, 0) is 35.7 Å². The number of benzene rings is 6. The van der Waals surface area contributed by atoms with Crippen molar-refractivity contribution < 1.29 is 120 Å². The van der Waals surface area contributed by atoms with Gasteiger partial charge in [-0.1, -0.05) is 91.0 Å². The van der Waals surface area contributed by atoms with Gasteiger partial charge in [0.2, 0.25) is 18.2 Å². The molecule has 0 aliphatic carbocycles. The molecule has 0 fully saturated rings. The number of alkyl halides is 24. The van der Waals surface area contributed by atoms with Crippen LogP contribution in [0, 0.1) is 0 Å². The highest BCUT2D eigenvalue weighted by Gasteiger charge is 2.47. The number of hydrogen-bond donors (Lipinski definition) is 1. The van der Waals surface area contributed by atoms with Gasteiger partial charge in [0.1, 0.15) is 6.15 Å². The summed E-state index contributed by atoms with van der Waals surface area (Å²) in [6.07, 6.45) is -51.2. The van der Waals surface area contributed by atoms with Crippen LogP contribution in [0.25, 0.3) is 10.8 Å². The Bertz CT molecular complexity index is 2990. The summed E-state index contributed by atoms with van der Waals surface area (Å²) in [6.45, 7) is 0.215. The van der Waals surface area contributed by atoms with E-state index in [4.69, 9.17) is 5.73 Å². The number of carbonyl (C=O) groups excluding carboxylic acids is 2. The third kappa shape index (κ3) is 13.6. The van der Waals surface area contributed by atoms with Crippen LogP contribution >= 0.6 is 0 Å². The first-order chi connectivity index (χ1) is 35.9. The van der Waals surface area contributed by atoms with E-state index in [1.165, 1.54) is 0 Å². The summed E-state index contributed by atoms with van der Waals surface area (Å²) in [6, 6.07) is 7.58. The van der Waals surface area contributed by atoms with Crippen LogP contribution in [0.3, 0.4) is 0 Å². The van der Waals surface area contributed by atoms with Gasteiger partial charge in [0.25, 0.3) is 0 Å². The van der Waals surface area contributed by atoms with E-state index < -0.39 is 201 Å². The molecule has 7 aromatic rings. The van der Waals surface area contributed by atoms with Crippen molar-refractivity contribution in [1.82, 2.24) is 0 Å². The summed E-state index contributed by atoms with van der Waals surface area (Å²) >= 11 is 0. The van der Waals surface area contributed by atoms with Crippen molar-refractivity contribution in [3.63, 3.8) is 0 Å². The van der Waals surface area contributed by atoms with E-state index >= 15 is 0 Å². The number of aromatic nitrogens is 1. The predicted octanol–water partition coefficient (Wildman–Crippen LogP) is 13.3. The topological polar surface area (TPSA) is 64.0 Å². The lowest BCUT2D eigenvalue weighted by Crippen LogP contribution is -2.75. The molecule has 4 nitrogen and oxygen atoms in total. The minimum absolute atomic E-state index is 0.0153. The first-order valence-electron chi connectivity index (χ1n) is 21.6. The molecule has 6 aromatic carbocycles. The van der Waals surface area contributed by atoms with Crippen LogP contribution in [0.5, 0.6) is 0 Å². The molecule has 1 amide bonds. The third-order valence-electron chi connectivity index (χ3n) is 12.0. The molecule has 1 heterocycles. The molecule has 7 rings (SSSR count). The number of fused-ring (bicyclic) bond motifs is 1. The van der Waals surface area contributed by atoms with Gasteiger partial charge in [-0.3, -0.25) is 9.59 Å². The summed E-state index contributed by atoms with van der Waals surface area (Å²) in [5.74, 6) is -0.459. The Morgan fingerprint density at radius 1 is 0.380 bits per heavy atom. The Morgan fingerprint density at radius 3 is 0.937 bits per heavy atom. The molecule has 0 unspecified atom stereocenters. The van der Waals surface area contributed by atoms with E-state index in [1.54, 1.807) is 35.0 Å². The average molecular weight is 1150 g/mol. The van der Waals surface area contributed by atoms with Gasteiger partial charge in [0.05, 0.1) is 55.5 Å². The number of amides is 1. The second-order valence-electron chi connectivity index (χ2n) is 17.3. The second-order valence-corrected chi connectivity index (χ2v) is 17.3. The minimum Gasteiger partial charge on any atom is -0.366 e. The number of rotatable bonds is 8. The van der Waals surface area contributed by atoms with E-state index in [0.29, 0.717) is 11.1 Å². The molecular weight excluding hydrogens is 1130 g/mol. The van der Waals surface area contributed by atoms with Crippen LogP contribution in [-0.2, 0) is 56.0 Å². The Kier molecular flexibility index (Phi) is 15.9. The number of carbonyl (C=O) groups is 2. The average Bonchev–Trinajstić information content (AvgIpc) is 3.43. The van der Waals surface area contributed by atoms with Crippen molar-refractivity contribution in [1.29, 1.82) is 0 Å². The summed E-state index contributed by atoms with van der Waals surface area (Å²) in [5.41, 5.74) is -23.7. The van der Waals surface area contributed by atoms with Crippen molar-refractivity contribution in [2.75, 3.05) is 0 Å². The number of ketones is 1. The van der Waals surface area contributed by atoms with Crippen molar-refractivity contribution in [3.8, 4) is 0 Å². The number of nitrogens with two attached hydrogens (primary N) is 1. The number of halogens is 24. The number of hydrogen-bond acceptors (Lipinski definition) is 2. The minimum atomic E-state index is -6.13. The predicted molar refractivity (Wildman–Crippen MR) is 234 cm³/mol. The van der Waals surface area contributed by atoms with E-state index in [-0.39, 0.29) is 12.3 Å². The highest BCUT2D eigenvalue weighted by atomic mass is 19.4. The zero-order valence-electron chi connectivity index (χ0n) is 38.5. The lowest BCUT2D eigenvalue weighted by atomic mass is 9.12. The van der Waals surface area contributed by atoms with Crippen LogP contribution in [0.4, 0.5) is 105 Å². The maximum absolute atomic E-state index is 14.2. The lowest BCUT2D eigenvalue weighted by molar-refractivity contribution is -0.681. The Labute approximate surface area is 426 Å². The van der Waals surface area contributed by atoms with Gasteiger partial charge in [0.15, 0.2) is 12.4 Å². The van der Waals surface area contributed by atoms with Crippen LogP contribution in [0.15, 0.2) is 140 Å². The molecule has 0 aliphatic rings. The molecule has 0 atom stereocenters. The largest absolute Gasteiger partial charge is 0.416 e. The zero-order chi connectivity index (χ0) is 59.4. The fraction of sp³-hybridized carbons (Fsp3) is 0.180.